The summed E-state index contributed by atoms with van der Waals surface area (Å²) in [5.41, 5.74) is -0.353. The molecule has 11 heteroatoms. The monoisotopic (exact) mass is 532 g/mol. The number of carbonyl (C=O) groups is 1. The minimum absolute atomic E-state index is 0.0576. The van der Waals surface area contributed by atoms with Gasteiger partial charge in [-0.2, -0.15) is 13.2 Å². The minimum atomic E-state index is -4.76. The molecule has 1 heterocycles. The highest BCUT2D eigenvalue weighted by Gasteiger charge is 2.38. The molecule has 0 radical (unpaired) electrons. The van der Waals surface area contributed by atoms with Crippen LogP contribution in [0.15, 0.2) is 54.6 Å². The van der Waals surface area contributed by atoms with Crippen molar-refractivity contribution in [3.8, 4) is 11.1 Å². The second-order valence-corrected chi connectivity index (χ2v) is 11.0. The Kier molecular flexibility index (Phi) is 7.69. The molecule has 3 rings (SSSR count). The zero-order valence-electron chi connectivity index (χ0n) is 18.2. The molecule has 0 saturated heterocycles. The van der Waals surface area contributed by atoms with Crippen LogP contribution in [0.3, 0.4) is 0 Å². The summed E-state index contributed by atoms with van der Waals surface area (Å²) in [4.78, 5) is 14.5. The average molecular weight is 533 g/mol. The number of rotatable bonds is 7. The van der Waals surface area contributed by atoms with Gasteiger partial charge in [-0.3, -0.25) is 4.79 Å². The first-order chi connectivity index (χ1) is 15.8. The first kappa shape index (κ1) is 26.1. The Morgan fingerprint density at radius 2 is 1.68 bits per heavy atom. The predicted molar refractivity (Wildman–Crippen MR) is 127 cm³/mol. The normalized spacial score (nSPS) is 12.1. The van der Waals surface area contributed by atoms with E-state index < -0.39 is 27.6 Å². The summed E-state index contributed by atoms with van der Waals surface area (Å²) >= 11 is 12.0. The molecule has 1 aromatic heterocycles. The van der Waals surface area contributed by atoms with Crippen molar-refractivity contribution in [3.05, 3.63) is 81.6 Å². The number of hydrogen-bond donors (Lipinski definition) is 0. The lowest BCUT2D eigenvalue weighted by molar-refractivity contribution is -0.143. The third-order valence-corrected chi connectivity index (χ3v) is 6.53. The molecule has 0 atom stereocenters. The van der Waals surface area contributed by atoms with Gasteiger partial charge in [0.2, 0.25) is 0 Å². The predicted octanol–water partition coefficient (Wildman–Crippen LogP) is 5.65. The molecule has 182 valence electrons. The molecular formula is C23H21Cl2F3N2O3S. The van der Waals surface area contributed by atoms with Gasteiger partial charge in [0.1, 0.15) is 21.2 Å². The summed E-state index contributed by atoms with van der Waals surface area (Å²) in [6.45, 7) is -0.453. The molecule has 0 aliphatic heterocycles. The number of aromatic nitrogens is 1. The Labute approximate surface area is 205 Å². The van der Waals surface area contributed by atoms with Crippen molar-refractivity contribution in [2.45, 2.75) is 12.7 Å². The van der Waals surface area contributed by atoms with E-state index in [9.17, 15) is 26.4 Å². The van der Waals surface area contributed by atoms with Gasteiger partial charge < -0.3 is 9.47 Å². The molecule has 0 fully saturated rings. The molecule has 3 aromatic rings. The van der Waals surface area contributed by atoms with Crippen LogP contribution in [0.1, 0.15) is 21.7 Å². The zero-order valence-corrected chi connectivity index (χ0v) is 20.6. The van der Waals surface area contributed by atoms with E-state index in [2.05, 4.69) is 0 Å². The van der Waals surface area contributed by atoms with Gasteiger partial charge >= 0.3 is 6.18 Å². The number of alkyl halides is 3. The van der Waals surface area contributed by atoms with Gasteiger partial charge in [-0.15, -0.1) is 0 Å². The quantitative estimate of drug-likeness (QED) is 0.395. The van der Waals surface area contributed by atoms with Crippen LogP contribution in [-0.2, 0) is 22.6 Å². The Morgan fingerprint density at radius 1 is 1.03 bits per heavy atom. The largest absolute Gasteiger partial charge is 0.431 e. The molecule has 0 unspecified atom stereocenters. The van der Waals surface area contributed by atoms with Crippen molar-refractivity contribution in [2.75, 3.05) is 25.6 Å². The number of carbonyl (C=O) groups excluding carboxylic acids is 1. The highest BCUT2D eigenvalue weighted by atomic mass is 35.5. The molecule has 0 aliphatic carbocycles. The summed E-state index contributed by atoms with van der Waals surface area (Å²) in [6, 6.07) is 13.3. The lowest BCUT2D eigenvalue weighted by atomic mass is 10.0. The van der Waals surface area contributed by atoms with E-state index in [4.69, 9.17) is 23.2 Å². The van der Waals surface area contributed by atoms with E-state index in [1.807, 2.05) is 0 Å². The number of benzene rings is 2. The fourth-order valence-electron chi connectivity index (χ4n) is 3.43. The maximum absolute atomic E-state index is 14.1. The van der Waals surface area contributed by atoms with Crippen LogP contribution in [0.4, 0.5) is 13.2 Å². The summed E-state index contributed by atoms with van der Waals surface area (Å²) < 4.78 is 66.3. The van der Waals surface area contributed by atoms with Crippen LogP contribution < -0.4 is 0 Å². The van der Waals surface area contributed by atoms with Crippen LogP contribution >= 0.6 is 23.2 Å². The number of halogens is 5. The van der Waals surface area contributed by atoms with Crippen LogP contribution in [0.2, 0.25) is 10.0 Å². The first-order valence-corrected chi connectivity index (χ1v) is 12.8. The maximum atomic E-state index is 14.1. The van der Waals surface area contributed by atoms with Gasteiger partial charge in [-0.25, -0.2) is 8.42 Å². The van der Waals surface area contributed by atoms with Crippen molar-refractivity contribution < 1.29 is 26.4 Å². The van der Waals surface area contributed by atoms with Gasteiger partial charge in [-0.05, 0) is 41.5 Å². The Morgan fingerprint density at radius 3 is 2.24 bits per heavy atom. The average Bonchev–Trinajstić information content (AvgIpc) is 3.11. The van der Waals surface area contributed by atoms with E-state index >= 15 is 0 Å². The van der Waals surface area contributed by atoms with Gasteiger partial charge in [0.25, 0.3) is 5.91 Å². The standard InChI is InChI=1S/C23H21Cl2F3N2O3S/c1-29(10-11-34(2,32)33)22(31)21-19(16-6-8-17(24)9-7-16)13-20(23(26,27)28)30(21)14-15-4-3-5-18(25)12-15/h3-9,12-13H,10-11,14H2,1-2H3. The molecule has 0 N–H and O–H groups in total. The van der Waals surface area contributed by atoms with Crippen molar-refractivity contribution in [2.24, 2.45) is 0 Å². The second kappa shape index (κ2) is 10.0. The Bertz CT molecular complexity index is 1300. The highest BCUT2D eigenvalue weighted by Crippen LogP contribution is 2.38. The molecule has 0 saturated carbocycles. The summed E-state index contributed by atoms with van der Waals surface area (Å²) in [5.74, 6) is -1.07. The van der Waals surface area contributed by atoms with Crippen molar-refractivity contribution in [1.29, 1.82) is 0 Å². The highest BCUT2D eigenvalue weighted by molar-refractivity contribution is 7.90. The molecule has 1 amide bonds. The SMILES string of the molecule is CN(CCS(C)(=O)=O)C(=O)c1c(-c2ccc(Cl)cc2)cc(C(F)(F)F)n1Cc1cccc(Cl)c1. The molecule has 2 aromatic carbocycles. The smallest absolute Gasteiger partial charge is 0.339 e. The maximum Gasteiger partial charge on any atom is 0.431 e. The van der Waals surface area contributed by atoms with E-state index in [0.29, 0.717) is 21.2 Å². The van der Waals surface area contributed by atoms with Gasteiger partial charge in [0.05, 0.1) is 5.75 Å². The molecular weight excluding hydrogens is 512 g/mol. The van der Waals surface area contributed by atoms with Crippen LogP contribution in [-0.4, -0.2) is 49.4 Å². The molecule has 0 spiro atoms. The van der Waals surface area contributed by atoms with Gasteiger partial charge in [-0.1, -0.05) is 47.5 Å². The molecule has 0 aliphatic rings. The third-order valence-electron chi connectivity index (χ3n) is 5.12. The van der Waals surface area contributed by atoms with Crippen molar-refractivity contribution in [1.82, 2.24) is 9.47 Å². The number of amides is 1. The Balaban J connectivity index is 2.21. The van der Waals surface area contributed by atoms with Crippen LogP contribution in [0, 0.1) is 0 Å². The summed E-state index contributed by atoms with van der Waals surface area (Å²) in [6.07, 6.45) is -3.74. The second-order valence-electron chi connectivity index (χ2n) is 7.87. The number of sulfone groups is 1. The zero-order chi connectivity index (χ0) is 25.3. The molecule has 5 nitrogen and oxygen atoms in total. The molecule has 0 bridgehead atoms. The number of nitrogens with zero attached hydrogens (tertiary/aromatic N) is 2. The summed E-state index contributed by atoms with van der Waals surface area (Å²) in [7, 11) is -2.04. The van der Waals surface area contributed by atoms with Crippen molar-refractivity contribution >= 4 is 38.9 Å². The van der Waals surface area contributed by atoms with E-state index in [1.165, 1.54) is 37.4 Å². The number of hydrogen-bond acceptors (Lipinski definition) is 3. The van der Waals surface area contributed by atoms with E-state index in [-0.39, 0.29) is 30.1 Å². The van der Waals surface area contributed by atoms with Crippen molar-refractivity contribution in [3.63, 3.8) is 0 Å². The van der Waals surface area contributed by atoms with E-state index in [0.717, 1.165) is 21.8 Å². The third kappa shape index (κ3) is 6.34. The summed E-state index contributed by atoms with van der Waals surface area (Å²) in [5, 5.41) is 0.727. The fourth-order valence-corrected chi connectivity index (χ4v) is 4.38. The fraction of sp³-hybridized carbons (Fsp3) is 0.261. The lowest BCUT2D eigenvalue weighted by Crippen LogP contribution is -2.33. The molecule has 34 heavy (non-hydrogen) atoms. The van der Waals surface area contributed by atoms with E-state index in [1.54, 1.807) is 18.2 Å². The van der Waals surface area contributed by atoms with Crippen LogP contribution in [0.25, 0.3) is 11.1 Å². The Hall–Kier alpha value is -2.49. The minimum Gasteiger partial charge on any atom is -0.339 e. The first-order valence-electron chi connectivity index (χ1n) is 10.0. The van der Waals surface area contributed by atoms with Crippen LogP contribution in [0.5, 0.6) is 0 Å². The topological polar surface area (TPSA) is 59.4 Å². The van der Waals surface area contributed by atoms with Gasteiger partial charge in [0.15, 0.2) is 0 Å². The van der Waals surface area contributed by atoms with Gasteiger partial charge in [0, 0.05) is 42.0 Å². The lowest BCUT2D eigenvalue weighted by Gasteiger charge is -2.21.